The number of H-pyrrole nitrogens is 1. The van der Waals surface area contributed by atoms with Crippen LogP contribution < -0.4 is 0 Å². The quantitative estimate of drug-likeness (QED) is 0.525. The van der Waals surface area contributed by atoms with E-state index in [1.807, 2.05) is 24.5 Å². The van der Waals surface area contributed by atoms with Gasteiger partial charge in [0, 0.05) is 17.7 Å². The molecular weight excluding hydrogens is 262 g/mol. The van der Waals surface area contributed by atoms with Gasteiger partial charge >= 0.3 is 0 Å². The SMILES string of the molecule is c1cc[nH]c1.c1cnoc1.c1cocn1.c1conn1. The van der Waals surface area contributed by atoms with Gasteiger partial charge in [-0.15, -0.1) is 5.10 Å². The van der Waals surface area contributed by atoms with E-state index in [-0.39, 0.29) is 0 Å². The molecule has 0 spiro atoms. The number of aromatic amines is 1. The van der Waals surface area contributed by atoms with Crippen molar-refractivity contribution in [2.75, 3.05) is 0 Å². The smallest absolute Gasteiger partial charge is 0.180 e. The maximum absolute atomic E-state index is 4.47. The summed E-state index contributed by atoms with van der Waals surface area (Å²) in [4.78, 5) is 6.42. The van der Waals surface area contributed by atoms with Crippen LogP contribution in [-0.4, -0.2) is 25.5 Å². The molecule has 0 aliphatic carbocycles. The lowest BCUT2D eigenvalue weighted by molar-refractivity contribution is 0.393. The molecule has 0 saturated carbocycles. The maximum Gasteiger partial charge on any atom is 0.180 e. The Balaban J connectivity index is 0.000000133. The first-order valence-electron chi connectivity index (χ1n) is 5.45. The molecule has 0 unspecified atom stereocenters. The summed E-state index contributed by atoms with van der Waals surface area (Å²) < 4.78 is 13.0. The summed E-state index contributed by atoms with van der Waals surface area (Å²) in [6.45, 7) is 0. The summed E-state index contributed by atoms with van der Waals surface area (Å²) in [7, 11) is 0. The van der Waals surface area contributed by atoms with Crippen molar-refractivity contribution in [3.05, 3.63) is 74.4 Å². The molecule has 0 fully saturated rings. The lowest BCUT2D eigenvalue weighted by atomic mass is 10.7. The summed E-state index contributed by atoms with van der Waals surface area (Å²) in [6, 6.07) is 5.61. The summed E-state index contributed by atoms with van der Waals surface area (Å²) >= 11 is 0. The summed E-state index contributed by atoms with van der Waals surface area (Å²) in [5.74, 6) is 0. The van der Waals surface area contributed by atoms with Crippen LogP contribution >= 0.6 is 0 Å². The van der Waals surface area contributed by atoms with Crippen LogP contribution in [0.5, 0.6) is 0 Å². The van der Waals surface area contributed by atoms with Crippen LogP contribution in [0.15, 0.2) is 87.8 Å². The lowest BCUT2D eigenvalue weighted by Crippen LogP contribution is -1.53. The Bertz CT molecular complexity index is 358. The van der Waals surface area contributed by atoms with E-state index in [2.05, 4.69) is 39.0 Å². The van der Waals surface area contributed by atoms with Crippen molar-refractivity contribution in [1.29, 1.82) is 0 Å². The zero-order valence-corrected chi connectivity index (χ0v) is 10.4. The van der Waals surface area contributed by atoms with Crippen LogP contribution in [-0.2, 0) is 0 Å². The van der Waals surface area contributed by atoms with Crippen LogP contribution in [0, 0.1) is 0 Å². The Labute approximate surface area is 114 Å². The molecule has 0 amide bonds. The second kappa shape index (κ2) is 12.3. The van der Waals surface area contributed by atoms with E-state index in [9.17, 15) is 0 Å². The number of hydrogen-bond donors (Lipinski definition) is 1. The van der Waals surface area contributed by atoms with Gasteiger partial charge in [0.2, 0.25) is 0 Å². The molecule has 4 rings (SSSR count). The molecule has 20 heavy (non-hydrogen) atoms. The average Bonchev–Trinajstić information content (AvgIpc) is 3.40. The number of oxazole rings is 1. The van der Waals surface area contributed by atoms with Gasteiger partial charge in [-0.1, -0.05) is 5.16 Å². The normalized spacial score (nSPS) is 8.00. The van der Waals surface area contributed by atoms with Gasteiger partial charge in [-0.25, -0.2) is 4.98 Å². The molecule has 4 aromatic rings. The molecule has 0 aliphatic rings. The lowest BCUT2D eigenvalue weighted by Gasteiger charge is -1.49. The van der Waals surface area contributed by atoms with Crippen molar-refractivity contribution < 1.29 is 13.5 Å². The van der Waals surface area contributed by atoms with Gasteiger partial charge in [-0.05, 0) is 18.2 Å². The highest BCUT2D eigenvalue weighted by Gasteiger charge is 1.61. The topological polar surface area (TPSA) is 107 Å². The fourth-order valence-electron chi connectivity index (χ4n) is 0.765. The van der Waals surface area contributed by atoms with E-state index in [0.717, 1.165) is 0 Å². The van der Waals surface area contributed by atoms with E-state index in [1.165, 1.54) is 31.4 Å². The van der Waals surface area contributed by atoms with Gasteiger partial charge in [0.05, 0.1) is 18.6 Å². The predicted molar refractivity (Wildman–Crippen MR) is 68.1 cm³/mol. The van der Waals surface area contributed by atoms with Gasteiger partial charge in [0.1, 0.15) is 18.8 Å². The number of hydrogen-bond acceptors (Lipinski definition) is 7. The minimum absolute atomic E-state index is 1.38. The maximum atomic E-state index is 4.47. The first kappa shape index (κ1) is 14.9. The van der Waals surface area contributed by atoms with Gasteiger partial charge in [0.25, 0.3) is 0 Å². The average molecular weight is 275 g/mol. The molecule has 0 atom stereocenters. The monoisotopic (exact) mass is 275 g/mol. The van der Waals surface area contributed by atoms with Crippen LogP contribution in [0.4, 0.5) is 0 Å². The Morgan fingerprint density at radius 2 is 1.70 bits per heavy atom. The molecule has 4 heterocycles. The third kappa shape index (κ3) is 10.0. The minimum atomic E-state index is 1.38. The predicted octanol–water partition coefficient (Wildman–Crippen LogP) is 2.43. The highest BCUT2D eigenvalue weighted by Crippen LogP contribution is 1.73. The zero-order valence-electron chi connectivity index (χ0n) is 10.4. The van der Waals surface area contributed by atoms with Crippen LogP contribution in [0.25, 0.3) is 0 Å². The highest BCUT2D eigenvalue weighted by atomic mass is 16.5. The van der Waals surface area contributed by atoms with Crippen LogP contribution in [0.1, 0.15) is 0 Å². The first-order valence-corrected chi connectivity index (χ1v) is 5.45. The van der Waals surface area contributed by atoms with Crippen molar-refractivity contribution in [1.82, 2.24) is 25.5 Å². The summed E-state index contributed by atoms with van der Waals surface area (Å²) in [6.07, 6.45) is 14.2. The van der Waals surface area contributed by atoms with E-state index in [0.29, 0.717) is 0 Å². The zero-order chi connectivity index (χ0) is 14.1. The summed E-state index contributed by atoms with van der Waals surface area (Å²) in [5.41, 5.74) is 0. The number of nitrogens with one attached hydrogen (secondary N) is 1. The molecule has 104 valence electrons. The fraction of sp³-hybridized carbons (Fsp3) is 0. The second-order valence-electron chi connectivity index (χ2n) is 2.84. The van der Waals surface area contributed by atoms with Gasteiger partial charge in [-0.3, -0.25) is 0 Å². The number of rotatable bonds is 0. The van der Waals surface area contributed by atoms with E-state index in [4.69, 9.17) is 0 Å². The Morgan fingerprint density at radius 1 is 0.800 bits per heavy atom. The molecule has 0 radical (unpaired) electrons. The Morgan fingerprint density at radius 3 is 1.90 bits per heavy atom. The first-order chi connectivity index (χ1) is 10.0. The Hall–Kier alpha value is -3.16. The largest absolute Gasteiger partial charge is 0.452 e. The van der Waals surface area contributed by atoms with Crippen molar-refractivity contribution in [3.63, 3.8) is 0 Å². The van der Waals surface area contributed by atoms with Crippen molar-refractivity contribution >= 4 is 0 Å². The summed E-state index contributed by atoms with van der Waals surface area (Å²) in [5, 5.41) is 9.75. The van der Waals surface area contributed by atoms with E-state index in [1.54, 1.807) is 18.5 Å². The molecule has 0 aromatic carbocycles. The number of nitrogens with zero attached hydrogens (tertiary/aromatic N) is 4. The molecular formula is C12H13N5O3. The molecule has 4 aromatic heterocycles. The third-order valence-corrected chi connectivity index (χ3v) is 1.47. The van der Waals surface area contributed by atoms with Crippen molar-refractivity contribution in [3.8, 4) is 0 Å². The van der Waals surface area contributed by atoms with Crippen LogP contribution in [0.2, 0.25) is 0 Å². The molecule has 0 aliphatic heterocycles. The molecule has 1 N–H and O–H groups in total. The molecule has 0 bridgehead atoms. The Kier molecular flexibility index (Phi) is 9.16. The molecule has 0 saturated heterocycles. The van der Waals surface area contributed by atoms with E-state index >= 15 is 0 Å². The molecule has 8 heteroatoms. The van der Waals surface area contributed by atoms with E-state index < -0.39 is 0 Å². The molecule has 8 nitrogen and oxygen atoms in total. The highest BCUT2D eigenvalue weighted by molar-refractivity contribution is 4.84. The van der Waals surface area contributed by atoms with Gasteiger partial charge in [-0.2, -0.15) is 0 Å². The van der Waals surface area contributed by atoms with Crippen molar-refractivity contribution in [2.45, 2.75) is 0 Å². The second-order valence-corrected chi connectivity index (χ2v) is 2.84. The standard InChI is InChI=1S/C4H5N.2C3H3NO.C2H2N2O/c1-2-4-5-3-1;1-2-5-3-4-1;1-2-4-5-3-1;1-2-5-4-3-1/h1-5H;2*1-3H;1-2H. The third-order valence-electron chi connectivity index (χ3n) is 1.47. The van der Waals surface area contributed by atoms with Crippen molar-refractivity contribution in [2.24, 2.45) is 0 Å². The van der Waals surface area contributed by atoms with Gasteiger partial charge in [0.15, 0.2) is 6.39 Å². The number of aromatic nitrogens is 5. The fourth-order valence-corrected chi connectivity index (χ4v) is 0.765. The minimum Gasteiger partial charge on any atom is -0.452 e. The van der Waals surface area contributed by atoms with Gasteiger partial charge < -0.3 is 18.4 Å². The van der Waals surface area contributed by atoms with Crippen LogP contribution in [0.3, 0.4) is 0 Å².